The first-order chi connectivity index (χ1) is 24.5. The van der Waals surface area contributed by atoms with Gasteiger partial charge in [-0.2, -0.15) is 0 Å². The Balaban J connectivity index is 1.57. The van der Waals surface area contributed by atoms with Crippen LogP contribution in [0.1, 0.15) is 149 Å². The molecule has 0 saturated carbocycles. The summed E-state index contributed by atoms with van der Waals surface area (Å²) >= 11 is -5.34. The van der Waals surface area contributed by atoms with Gasteiger partial charge in [0.05, 0.1) is 0 Å². The van der Waals surface area contributed by atoms with Gasteiger partial charge in [-0.15, -0.1) is 0 Å². The van der Waals surface area contributed by atoms with Crippen molar-refractivity contribution >= 4 is 16.4 Å². The van der Waals surface area contributed by atoms with E-state index in [9.17, 15) is 0 Å². The summed E-state index contributed by atoms with van der Waals surface area (Å²) in [6.07, 6.45) is 10.2. The Morgan fingerprint density at radius 1 is 0.481 bits per heavy atom. The summed E-state index contributed by atoms with van der Waals surface area (Å²) in [4.78, 5) is 0. The van der Waals surface area contributed by atoms with Crippen molar-refractivity contribution in [3.8, 4) is 22.3 Å². The summed E-state index contributed by atoms with van der Waals surface area (Å²) in [6, 6.07) is 29.0. The molecule has 0 nitrogen and oxygen atoms in total. The molecule has 0 aromatic heterocycles. The van der Waals surface area contributed by atoms with Gasteiger partial charge in [-0.05, 0) is 0 Å². The molecule has 4 aromatic carbocycles. The first kappa shape index (κ1) is 40.8. The molecule has 0 aliphatic heterocycles. The zero-order chi connectivity index (χ0) is 40.2. The number of benzene rings is 4. The van der Waals surface area contributed by atoms with Gasteiger partial charge in [-0.1, -0.05) is 0 Å². The van der Waals surface area contributed by atoms with Gasteiger partial charge < -0.3 is 0 Å². The first-order valence-corrected chi connectivity index (χ1v) is 39.9. The average Bonchev–Trinajstić information content (AvgIpc) is 3.74. The summed E-state index contributed by atoms with van der Waals surface area (Å²) < 4.78 is 14.1. The zero-order valence-corrected chi connectivity index (χ0v) is 40.6. The van der Waals surface area contributed by atoms with E-state index in [2.05, 4.69) is 203 Å². The second kappa shape index (κ2) is 11.6. The van der Waals surface area contributed by atoms with E-state index in [4.69, 9.17) is 4.26 Å². The molecular formula is C53H72Hf. The molecule has 2 aliphatic rings. The SMILES string of the molecule is [CH2]=[Hf]([CH3])([CH3])([CH2]C)([CH2]C)([CH]1C=Cc2c(-c3cc(C(C)(C)C)cc(C(C)(C)C)c3)cccc21)[CH]1C=Cc2c(-c3cc(C(C)(C)C)cc(C(C)(C)C)c3)cccc21. The van der Waals surface area contributed by atoms with Gasteiger partial charge in [0, 0.05) is 0 Å². The Labute approximate surface area is 324 Å². The van der Waals surface area contributed by atoms with Crippen LogP contribution in [0.15, 0.2) is 84.9 Å². The number of fused-ring (bicyclic) bond motifs is 2. The molecule has 0 saturated heterocycles. The van der Waals surface area contributed by atoms with Crippen LogP contribution in [0.3, 0.4) is 0 Å². The normalized spacial score (nSPS) is 19.5. The van der Waals surface area contributed by atoms with E-state index >= 15 is 0 Å². The van der Waals surface area contributed by atoms with Crippen LogP contribution in [0.4, 0.5) is 0 Å². The molecule has 54 heavy (non-hydrogen) atoms. The van der Waals surface area contributed by atoms with E-state index < -0.39 is 15.1 Å². The second-order valence-corrected chi connectivity index (χ2v) is 76.6. The summed E-state index contributed by atoms with van der Waals surface area (Å²) in [5.41, 5.74) is 16.9. The molecule has 6 rings (SSSR count). The topological polar surface area (TPSA) is 0 Å². The molecule has 288 valence electrons. The Hall–Kier alpha value is -2.90. The van der Waals surface area contributed by atoms with Gasteiger partial charge >= 0.3 is 327 Å². The fourth-order valence-electron chi connectivity index (χ4n) is 10.2. The van der Waals surface area contributed by atoms with Gasteiger partial charge in [0.25, 0.3) is 0 Å². The van der Waals surface area contributed by atoms with Gasteiger partial charge in [-0.3, -0.25) is 0 Å². The third-order valence-electron chi connectivity index (χ3n) is 16.0. The molecule has 4 aromatic rings. The van der Waals surface area contributed by atoms with Gasteiger partial charge in [0.2, 0.25) is 0 Å². The molecule has 0 bridgehead atoms. The van der Waals surface area contributed by atoms with Crippen molar-refractivity contribution in [3.05, 3.63) is 129 Å². The van der Waals surface area contributed by atoms with Crippen LogP contribution in [0.2, 0.25) is 17.7 Å². The van der Waals surface area contributed by atoms with Crippen LogP contribution in [0.5, 0.6) is 0 Å². The molecule has 2 unspecified atom stereocenters. The quantitative estimate of drug-likeness (QED) is 0.169. The first-order valence-electron chi connectivity index (χ1n) is 21.0. The van der Waals surface area contributed by atoms with Crippen LogP contribution in [-0.2, 0) is 36.7 Å². The maximum atomic E-state index is 5.85. The molecule has 0 N–H and O–H groups in total. The van der Waals surface area contributed by atoms with Crippen LogP contribution in [0.25, 0.3) is 34.4 Å². The van der Waals surface area contributed by atoms with Crippen LogP contribution in [-0.4, -0.2) is 4.26 Å². The Kier molecular flexibility index (Phi) is 8.74. The van der Waals surface area contributed by atoms with Crippen molar-refractivity contribution in [2.24, 2.45) is 0 Å². The molecule has 0 radical (unpaired) electrons. The van der Waals surface area contributed by atoms with E-state index in [-0.39, 0.29) is 29.0 Å². The Morgan fingerprint density at radius 2 is 0.778 bits per heavy atom. The predicted molar refractivity (Wildman–Crippen MR) is 242 cm³/mol. The Bertz CT molecular complexity index is 2140. The number of hydrogen-bond acceptors (Lipinski definition) is 0. The summed E-state index contributed by atoms with van der Waals surface area (Å²) in [6.45, 7) is 33.0. The Morgan fingerprint density at radius 3 is 1.04 bits per heavy atom. The van der Waals surface area contributed by atoms with Crippen molar-refractivity contribution in [3.63, 3.8) is 0 Å². The van der Waals surface area contributed by atoms with Crippen molar-refractivity contribution in [1.82, 2.24) is 0 Å². The van der Waals surface area contributed by atoms with Gasteiger partial charge in [-0.25, -0.2) is 0 Å². The standard InChI is InChI=1S/2C23H27.2C2H5.2CH3.CH2.Hf/c2*1-22(2,3)18-13-17(14-19(15-18)23(4,5)6)21-12-8-10-16-9-7-11-20(16)21;2*1-2;;;;/h2*7-15H,1-6H3;2*1H2,2H3;2*1H3;1H2;. The molecule has 2 atom stereocenters. The van der Waals surface area contributed by atoms with Crippen molar-refractivity contribution in [2.75, 3.05) is 0 Å². The molecule has 0 amide bonds. The summed E-state index contributed by atoms with van der Waals surface area (Å²) in [7, 11) is 0. The fourth-order valence-corrected chi connectivity index (χ4v) is 39.2. The molecule has 0 fully saturated rings. The van der Waals surface area contributed by atoms with E-state index in [0.717, 1.165) is 8.35 Å². The van der Waals surface area contributed by atoms with E-state index in [0.29, 0.717) is 0 Å². The van der Waals surface area contributed by atoms with E-state index in [1.165, 1.54) is 66.8 Å². The summed E-state index contributed by atoms with van der Waals surface area (Å²) in [5.74, 6) is 0. The summed E-state index contributed by atoms with van der Waals surface area (Å²) in [5, 5.41) is 0. The van der Waals surface area contributed by atoms with Crippen molar-refractivity contribution in [1.29, 1.82) is 0 Å². The van der Waals surface area contributed by atoms with E-state index in [1.54, 1.807) is 0 Å². The van der Waals surface area contributed by atoms with Gasteiger partial charge in [0.15, 0.2) is 0 Å². The monoisotopic (exact) mass is 889 g/mol. The second-order valence-electron chi connectivity index (χ2n) is 24.5. The van der Waals surface area contributed by atoms with Gasteiger partial charge in [0.1, 0.15) is 0 Å². The maximum absolute atomic E-state index is 5.85. The van der Waals surface area contributed by atoms with Crippen LogP contribution < -0.4 is 0 Å². The minimum absolute atomic E-state index is 0.0591. The number of hydrogen-bond donors (Lipinski definition) is 0. The van der Waals surface area contributed by atoms with Crippen molar-refractivity contribution < 1.29 is 15.1 Å². The van der Waals surface area contributed by atoms with E-state index in [1.807, 2.05) is 0 Å². The molecule has 2 aliphatic carbocycles. The third kappa shape index (κ3) is 6.22. The number of allylic oxidation sites excluding steroid dienone is 2. The van der Waals surface area contributed by atoms with Crippen LogP contribution in [0, 0.1) is 0 Å². The predicted octanol–water partition coefficient (Wildman–Crippen LogP) is 16.2. The third-order valence-corrected chi connectivity index (χ3v) is 63.8. The zero-order valence-electron chi connectivity index (χ0n) is 37.0. The fraction of sp³-hybridized carbons (Fsp3) is 0.453. The average molecular weight is 888 g/mol. The van der Waals surface area contributed by atoms with Crippen molar-refractivity contribution in [2.45, 2.75) is 144 Å². The van der Waals surface area contributed by atoms with Crippen LogP contribution >= 0.6 is 0 Å². The molecule has 0 heterocycles. The minimum atomic E-state index is -5.34. The number of rotatable bonds is 6. The molecule has 1 heteroatoms. The molecular weight excluding hydrogens is 815 g/mol. The molecule has 0 spiro atoms.